The van der Waals surface area contributed by atoms with E-state index in [9.17, 15) is 18.8 Å². The number of hydrogen-bond donors (Lipinski definition) is 1. The standard InChI is InChI=1S/C22H19FN2O3S/c1-13-17(18-9-14(23)7-8-20(18)25(13)12-22(26)27)10-15-11-21(29(2)28)16-5-3-4-6-19(16)24-15/h3-9,11H,10,12H2,1-2H3,(H,26,27). The third-order valence-corrected chi connectivity index (χ3v) is 6.07. The summed E-state index contributed by atoms with van der Waals surface area (Å²) in [7, 11) is 0. The topological polar surface area (TPSA) is 78.2 Å². The Hall–Kier alpha value is -2.90. The van der Waals surface area contributed by atoms with Gasteiger partial charge in [0.25, 0.3) is 0 Å². The van der Waals surface area contributed by atoms with Gasteiger partial charge in [-0.15, -0.1) is 0 Å². The van der Waals surface area contributed by atoms with Crippen molar-refractivity contribution in [3.8, 4) is 0 Å². The van der Waals surface area contributed by atoms with Crippen molar-refractivity contribution in [1.29, 1.82) is 0 Å². The van der Waals surface area contributed by atoms with Crippen LogP contribution in [-0.4, -0.2) is 31.4 Å². The van der Waals surface area contributed by atoms with Crippen LogP contribution in [0.15, 0.2) is 53.4 Å². The van der Waals surface area contributed by atoms with E-state index in [0.717, 1.165) is 22.2 Å². The Bertz CT molecular complexity index is 1250. The van der Waals surface area contributed by atoms with E-state index < -0.39 is 17.1 Å². The van der Waals surface area contributed by atoms with Crippen molar-refractivity contribution in [2.75, 3.05) is 6.26 Å². The first kappa shape index (κ1) is 19.4. The number of carbonyl (C=O) groups is 1. The molecule has 0 radical (unpaired) electrons. The van der Waals surface area contributed by atoms with Crippen LogP contribution in [0.25, 0.3) is 21.8 Å². The van der Waals surface area contributed by atoms with E-state index in [0.29, 0.717) is 27.9 Å². The first-order chi connectivity index (χ1) is 13.8. The predicted molar refractivity (Wildman–Crippen MR) is 111 cm³/mol. The molecule has 5 nitrogen and oxygen atoms in total. The van der Waals surface area contributed by atoms with Gasteiger partial charge in [-0.2, -0.15) is 0 Å². The normalized spacial score (nSPS) is 12.6. The van der Waals surface area contributed by atoms with Crippen LogP contribution in [0, 0.1) is 12.7 Å². The highest BCUT2D eigenvalue weighted by Crippen LogP contribution is 2.30. The molecule has 0 fully saturated rings. The summed E-state index contributed by atoms with van der Waals surface area (Å²) < 4.78 is 27.9. The fourth-order valence-corrected chi connectivity index (χ4v) is 4.58. The Morgan fingerprint density at radius 1 is 1.21 bits per heavy atom. The molecule has 29 heavy (non-hydrogen) atoms. The van der Waals surface area contributed by atoms with Crippen LogP contribution in [0.1, 0.15) is 17.0 Å². The van der Waals surface area contributed by atoms with E-state index >= 15 is 0 Å². The predicted octanol–water partition coefficient (Wildman–Crippen LogP) is 4.05. The fourth-order valence-electron chi connectivity index (χ4n) is 3.79. The lowest BCUT2D eigenvalue weighted by molar-refractivity contribution is -0.137. The first-order valence-electron chi connectivity index (χ1n) is 9.06. The van der Waals surface area contributed by atoms with Crippen LogP contribution in [-0.2, 0) is 28.9 Å². The van der Waals surface area contributed by atoms with Gasteiger partial charge in [-0.25, -0.2) is 4.39 Å². The molecule has 2 aromatic heterocycles. The maximum absolute atomic E-state index is 14.0. The summed E-state index contributed by atoms with van der Waals surface area (Å²) in [4.78, 5) is 16.7. The minimum Gasteiger partial charge on any atom is -0.612 e. The molecule has 0 spiro atoms. The zero-order valence-electron chi connectivity index (χ0n) is 16.0. The van der Waals surface area contributed by atoms with Crippen LogP contribution in [0.4, 0.5) is 4.39 Å². The lowest BCUT2D eigenvalue weighted by Crippen LogP contribution is -2.10. The van der Waals surface area contributed by atoms with Gasteiger partial charge < -0.3 is 14.2 Å². The number of aliphatic carboxylic acids is 1. The molecule has 2 heterocycles. The van der Waals surface area contributed by atoms with E-state index in [1.807, 2.05) is 37.3 Å². The summed E-state index contributed by atoms with van der Waals surface area (Å²) in [5.41, 5.74) is 3.68. The molecule has 0 saturated carbocycles. The number of benzene rings is 2. The lowest BCUT2D eigenvalue weighted by Gasteiger charge is -2.11. The van der Waals surface area contributed by atoms with E-state index in [2.05, 4.69) is 0 Å². The third-order valence-electron chi connectivity index (χ3n) is 5.11. The fraction of sp³-hybridized carbons (Fsp3) is 0.182. The number of fused-ring (bicyclic) bond motifs is 2. The maximum atomic E-state index is 14.0. The van der Waals surface area contributed by atoms with Gasteiger partial charge in [-0.3, -0.25) is 9.78 Å². The van der Waals surface area contributed by atoms with Crippen molar-refractivity contribution in [2.45, 2.75) is 24.8 Å². The lowest BCUT2D eigenvalue weighted by atomic mass is 10.0. The molecule has 4 aromatic rings. The molecule has 1 atom stereocenters. The molecule has 0 amide bonds. The van der Waals surface area contributed by atoms with Crippen molar-refractivity contribution in [2.24, 2.45) is 0 Å². The van der Waals surface area contributed by atoms with Crippen LogP contribution < -0.4 is 0 Å². The Morgan fingerprint density at radius 2 is 1.97 bits per heavy atom. The van der Waals surface area contributed by atoms with Gasteiger partial charge in [0, 0.05) is 29.1 Å². The molecule has 1 unspecified atom stereocenters. The molecular formula is C22H19FN2O3S. The molecule has 1 N–H and O–H groups in total. The number of nitrogens with zero attached hydrogens (tertiary/aromatic N) is 2. The highest BCUT2D eigenvalue weighted by Gasteiger charge is 2.19. The van der Waals surface area contributed by atoms with Gasteiger partial charge in [-0.05, 0) is 54.0 Å². The average Bonchev–Trinajstić information content (AvgIpc) is 2.92. The highest BCUT2D eigenvalue weighted by molar-refractivity contribution is 7.91. The minimum atomic E-state index is -1.19. The van der Waals surface area contributed by atoms with Gasteiger partial charge >= 0.3 is 5.97 Å². The van der Waals surface area contributed by atoms with Gasteiger partial charge in [-0.1, -0.05) is 12.1 Å². The number of pyridine rings is 1. The van der Waals surface area contributed by atoms with Crippen LogP contribution in [0.5, 0.6) is 0 Å². The molecule has 148 valence electrons. The Morgan fingerprint density at radius 3 is 2.69 bits per heavy atom. The van der Waals surface area contributed by atoms with Gasteiger partial charge in [0.2, 0.25) is 0 Å². The van der Waals surface area contributed by atoms with Crippen LogP contribution in [0.3, 0.4) is 0 Å². The highest BCUT2D eigenvalue weighted by atomic mass is 32.2. The molecule has 0 bridgehead atoms. The smallest absolute Gasteiger partial charge is 0.323 e. The molecule has 0 aliphatic heterocycles. The van der Waals surface area contributed by atoms with E-state index in [1.165, 1.54) is 12.1 Å². The van der Waals surface area contributed by atoms with Crippen LogP contribution >= 0.6 is 0 Å². The number of carboxylic acids is 1. The first-order valence-corrected chi connectivity index (χ1v) is 10.6. The Labute approximate surface area is 170 Å². The Kier molecular flexibility index (Phi) is 5.02. The van der Waals surface area contributed by atoms with E-state index in [1.54, 1.807) is 16.9 Å². The largest absolute Gasteiger partial charge is 0.612 e. The average molecular weight is 410 g/mol. The summed E-state index contributed by atoms with van der Waals surface area (Å²) in [5, 5.41) is 10.8. The third kappa shape index (κ3) is 3.59. The molecular weight excluding hydrogens is 391 g/mol. The van der Waals surface area contributed by atoms with E-state index in [-0.39, 0.29) is 12.4 Å². The van der Waals surface area contributed by atoms with Crippen molar-refractivity contribution < 1.29 is 18.8 Å². The number of rotatable bonds is 5. The second kappa shape index (κ2) is 7.50. The summed E-state index contributed by atoms with van der Waals surface area (Å²) in [6.45, 7) is 1.62. The summed E-state index contributed by atoms with van der Waals surface area (Å²) in [5.74, 6) is -1.35. The molecule has 2 aromatic carbocycles. The van der Waals surface area contributed by atoms with Gasteiger partial charge in [0.15, 0.2) is 4.90 Å². The van der Waals surface area contributed by atoms with Crippen molar-refractivity contribution in [3.05, 3.63) is 71.3 Å². The second-order valence-corrected chi connectivity index (χ2v) is 8.31. The summed E-state index contributed by atoms with van der Waals surface area (Å²) in [6.07, 6.45) is 2.01. The molecule has 7 heteroatoms. The van der Waals surface area contributed by atoms with Gasteiger partial charge in [0.1, 0.15) is 18.6 Å². The molecule has 4 rings (SSSR count). The molecule has 0 aliphatic carbocycles. The SMILES string of the molecule is Cc1c(Cc2cc([S+](C)[O-])c3ccccc3n2)c2cc(F)ccc2n1CC(=O)O. The van der Waals surface area contributed by atoms with Crippen LogP contribution in [0.2, 0.25) is 0 Å². The van der Waals surface area contributed by atoms with Crippen molar-refractivity contribution in [1.82, 2.24) is 9.55 Å². The van der Waals surface area contributed by atoms with Gasteiger partial charge in [0.05, 0.1) is 16.6 Å². The number of hydrogen-bond acceptors (Lipinski definition) is 3. The monoisotopic (exact) mass is 410 g/mol. The number of aromatic nitrogens is 2. The van der Waals surface area contributed by atoms with E-state index in [4.69, 9.17) is 4.98 Å². The number of carboxylic acid groups (broad SMARTS) is 1. The minimum absolute atomic E-state index is 0.205. The molecule has 0 saturated heterocycles. The molecule has 0 aliphatic rings. The summed E-state index contributed by atoms with van der Waals surface area (Å²) in [6, 6.07) is 13.7. The van der Waals surface area contributed by atoms with Crippen molar-refractivity contribution >= 4 is 39.0 Å². The Balaban J connectivity index is 1.89. The zero-order chi connectivity index (χ0) is 20.7. The number of halogens is 1. The zero-order valence-corrected chi connectivity index (χ0v) is 16.8. The number of para-hydroxylation sites is 1. The quantitative estimate of drug-likeness (QED) is 0.504. The second-order valence-electron chi connectivity index (χ2n) is 6.97. The summed E-state index contributed by atoms with van der Waals surface area (Å²) >= 11 is -1.19. The van der Waals surface area contributed by atoms with Crippen molar-refractivity contribution in [3.63, 3.8) is 0 Å². The maximum Gasteiger partial charge on any atom is 0.323 e.